The van der Waals surface area contributed by atoms with Crippen LogP contribution in [0.1, 0.15) is 72.6 Å². The summed E-state index contributed by atoms with van der Waals surface area (Å²) in [5.41, 5.74) is 1.82. The lowest BCUT2D eigenvalue weighted by Crippen LogP contribution is -2.67. The Hall–Kier alpha value is -0.380. The molecule has 1 N–H and O–H groups in total. The van der Waals surface area contributed by atoms with Crippen molar-refractivity contribution in [1.82, 2.24) is 0 Å². The normalized spacial score (nSPS) is 57.9. The fraction of sp³-hybridized carbons (Fsp3) is 0.913. The highest BCUT2D eigenvalue weighted by atomic mass is 16.7. The van der Waals surface area contributed by atoms with Gasteiger partial charge in [0.1, 0.15) is 0 Å². The molecular formula is C23H36O3. The zero-order valence-electron chi connectivity index (χ0n) is 17.0. The summed E-state index contributed by atoms with van der Waals surface area (Å²) in [6, 6.07) is 0. The molecule has 8 atom stereocenters. The van der Waals surface area contributed by atoms with E-state index in [9.17, 15) is 5.11 Å². The second-order valence-electron chi connectivity index (χ2n) is 11.2. The van der Waals surface area contributed by atoms with Crippen LogP contribution in [0.2, 0.25) is 0 Å². The van der Waals surface area contributed by atoms with E-state index in [1.54, 1.807) is 0 Å². The van der Waals surface area contributed by atoms with Crippen LogP contribution in [-0.2, 0) is 9.47 Å². The van der Waals surface area contributed by atoms with Gasteiger partial charge in [0, 0.05) is 10.8 Å². The van der Waals surface area contributed by atoms with E-state index < -0.39 is 5.79 Å². The number of fused-ring (bicyclic) bond motifs is 5. The minimum atomic E-state index is -0.478. The summed E-state index contributed by atoms with van der Waals surface area (Å²) < 4.78 is 12.6. The fourth-order valence-corrected chi connectivity index (χ4v) is 8.37. The molecule has 5 fully saturated rings. The predicted octanol–water partition coefficient (Wildman–Crippen LogP) is 4.69. The van der Waals surface area contributed by atoms with E-state index in [4.69, 9.17) is 9.47 Å². The van der Waals surface area contributed by atoms with E-state index in [1.165, 1.54) is 31.3 Å². The lowest BCUT2D eigenvalue weighted by atomic mass is 9.39. The van der Waals surface area contributed by atoms with Gasteiger partial charge in [0.05, 0.1) is 18.8 Å². The molecule has 3 nitrogen and oxygen atoms in total. The molecule has 5 aliphatic rings. The summed E-state index contributed by atoms with van der Waals surface area (Å²) in [5.74, 6) is 1.27. The van der Waals surface area contributed by atoms with Crippen LogP contribution in [0.15, 0.2) is 12.2 Å². The first kappa shape index (κ1) is 17.7. The SMILES string of the molecule is C=C1C[C@]23C[C@H]1CC[C@H]2[C@]1(C)CC[C@H]2OC(C)(C)OC[C@]2(C)[C@H]1C[C@@H]3O. The van der Waals surface area contributed by atoms with Crippen LogP contribution >= 0.6 is 0 Å². The topological polar surface area (TPSA) is 38.7 Å². The van der Waals surface area contributed by atoms with Gasteiger partial charge in [-0.05, 0) is 82.0 Å². The van der Waals surface area contributed by atoms with Crippen molar-refractivity contribution >= 4 is 0 Å². The van der Waals surface area contributed by atoms with Crippen LogP contribution in [-0.4, -0.2) is 29.7 Å². The van der Waals surface area contributed by atoms with Gasteiger partial charge in [-0.3, -0.25) is 0 Å². The molecule has 4 saturated carbocycles. The van der Waals surface area contributed by atoms with Gasteiger partial charge < -0.3 is 14.6 Å². The Morgan fingerprint density at radius 3 is 2.58 bits per heavy atom. The zero-order chi connectivity index (χ0) is 18.5. The van der Waals surface area contributed by atoms with E-state index in [1.807, 2.05) is 13.8 Å². The second kappa shape index (κ2) is 5.15. The molecule has 0 radical (unpaired) electrons. The van der Waals surface area contributed by atoms with Gasteiger partial charge >= 0.3 is 0 Å². The molecule has 3 heteroatoms. The average molecular weight is 361 g/mol. The monoisotopic (exact) mass is 360 g/mol. The minimum absolute atomic E-state index is 0.0115. The van der Waals surface area contributed by atoms with Crippen LogP contribution in [0.3, 0.4) is 0 Å². The minimum Gasteiger partial charge on any atom is -0.393 e. The third kappa shape index (κ3) is 2.06. The molecule has 2 bridgehead atoms. The van der Waals surface area contributed by atoms with Crippen molar-refractivity contribution in [1.29, 1.82) is 0 Å². The molecule has 1 spiro atoms. The molecule has 146 valence electrons. The van der Waals surface area contributed by atoms with E-state index in [0.717, 1.165) is 25.9 Å². The first-order valence-electron chi connectivity index (χ1n) is 10.8. The first-order valence-corrected chi connectivity index (χ1v) is 10.8. The molecule has 0 unspecified atom stereocenters. The van der Waals surface area contributed by atoms with Gasteiger partial charge in [-0.2, -0.15) is 0 Å². The number of rotatable bonds is 0. The lowest BCUT2D eigenvalue weighted by molar-refractivity contribution is -0.353. The van der Waals surface area contributed by atoms with Crippen LogP contribution < -0.4 is 0 Å². The highest BCUT2D eigenvalue weighted by Crippen LogP contribution is 2.72. The molecule has 0 aromatic rings. The van der Waals surface area contributed by atoms with E-state index in [0.29, 0.717) is 17.8 Å². The third-order valence-electron chi connectivity index (χ3n) is 9.61. The molecule has 1 heterocycles. The third-order valence-corrected chi connectivity index (χ3v) is 9.61. The van der Waals surface area contributed by atoms with E-state index in [-0.39, 0.29) is 28.5 Å². The van der Waals surface area contributed by atoms with Crippen LogP contribution in [0.4, 0.5) is 0 Å². The predicted molar refractivity (Wildman–Crippen MR) is 101 cm³/mol. The molecule has 0 amide bonds. The van der Waals surface area contributed by atoms with Gasteiger partial charge in [-0.25, -0.2) is 0 Å². The Morgan fingerprint density at radius 2 is 1.81 bits per heavy atom. The molecule has 0 aromatic carbocycles. The van der Waals surface area contributed by atoms with Gasteiger partial charge in [0.2, 0.25) is 0 Å². The Morgan fingerprint density at radius 1 is 1.04 bits per heavy atom. The maximum Gasteiger partial charge on any atom is 0.163 e. The maximum atomic E-state index is 11.4. The molecule has 0 aromatic heterocycles. The van der Waals surface area contributed by atoms with Crippen LogP contribution in [0.25, 0.3) is 0 Å². The van der Waals surface area contributed by atoms with Gasteiger partial charge in [-0.1, -0.05) is 26.0 Å². The van der Waals surface area contributed by atoms with Crippen molar-refractivity contribution in [3.63, 3.8) is 0 Å². The zero-order valence-corrected chi connectivity index (χ0v) is 17.0. The van der Waals surface area contributed by atoms with Crippen molar-refractivity contribution in [2.75, 3.05) is 6.61 Å². The molecule has 1 saturated heterocycles. The van der Waals surface area contributed by atoms with Gasteiger partial charge in [0.25, 0.3) is 0 Å². The van der Waals surface area contributed by atoms with Crippen LogP contribution in [0.5, 0.6) is 0 Å². The standard InChI is InChI=1S/C23H36O3/c1-14-11-23-12-15(14)6-7-16(23)21(4)9-8-19-22(5,17(21)10-18(23)24)13-25-20(2,3)26-19/h15-19,24H,1,6-13H2,2-5H3/t15-,16+,17+,18+,19-,21+,22-,23+/m1/s1. The quantitative estimate of drug-likeness (QED) is 0.637. The number of aliphatic hydroxyl groups is 1. The number of aliphatic hydroxyl groups excluding tert-OH is 1. The van der Waals surface area contributed by atoms with E-state index in [2.05, 4.69) is 20.4 Å². The molecule has 26 heavy (non-hydrogen) atoms. The lowest BCUT2D eigenvalue weighted by Gasteiger charge is -2.68. The van der Waals surface area contributed by atoms with Crippen molar-refractivity contribution in [2.45, 2.75) is 90.6 Å². The van der Waals surface area contributed by atoms with Gasteiger partial charge in [0.15, 0.2) is 5.79 Å². The fourth-order valence-electron chi connectivity index (χ4n) is 8.37. The highest BCUT2D eigenvalue weighted by molar-refractivity contribution is 5.25. The smallest absolute Gasteiger partial charge is 0.163 e. The first-order chi connectivity index (χ1) is 12.1. The summed E-state index contributed by atoms with van der Waals surface area (Å²) in [6.45, 7) is 14.1. The Kier molecular flexibility index (Phi) is 3.51. The number of hydrogen-bond donors (Lipinski definition) is 1. The highest BCUT2D eigenvalue weighted by Gasteiger charge is 2.69. The average Bonchev–Trinajstić information content (AvgIpc) is 2.82. The summed E-state index contributed by atoms with van der Waals surface area (Å²) in [5, 5.41) is 11.4. The largest absolute Gasteiger partial charge is 0.393 e. The molecule has 4 aliphatic carbocycles. The summed E-state index contributed by atoms with van der Waals surface area (Å²) in [7, 11) is 0. The van der Waals surface area contributed by atoms with Crippen LogP contribution in [0, 0.1) is 34.0 Å². The number of ether oxygens (including phenoxy) is 2. The number of allylic oxidation sites excluding steroid dienone is 1. The van der Waals surface area contributed by atoms with E-state index >= 15 is 0 Å². The molecule has 5 rings (SSSR count). The van der Waals surface area contributed by atoms with Crippen molar-refractivity contribution < 1.29 is 14.6 Å². The molecule has 1 aliphatic heterocycles. The summed E-state index contributed by atoms with van der Waals surface area (Å²) in [4.78, 5) is 0. The van der Waals surface area contributed by atoms with Crippen molar-refractivity contribution in [3.05, 3.63) is 12.2 Å². The van der Waals surface area contributed by atoms with Crippen molar-refractivity contribution in [2.24, 2.45) is 34.0 Å². The number of hydrogen-bond acceptors (Lipinski definition) is 3. The Labute approximate surface area is 158 Å². The summed E-state index contributed by atoms with van der Waals surface area (Å²) in [6.07, 6.45) is 8.10. The van der Waals surface area contributed by atoms with Crippen molar-refractivity contribution in [3.8, 4) is 0 Å². The summed E-state index contributed by atoms with van der Waals surface area (Å²) >= 11 is 0. The molecular weight excluding hydrogens is 324 g/mol. The van der Waals surface area contributed by atoms with Gasteiger partial charge in [-0.15, -0.1) is 0 Å². The Bertz CT molecular complexity index is 641. The Balaban J connectivity index is 1.54. The second-order valence-corrected chi connectivity index (χ2v) is 11.2. The maximum absolute atomic E-state index is 11.4.